The predicted molar refractivity (Wildman–Crippen MR) is 116 cm³/mol. The summed E-state index contributed by atoms with van der Waals surface area (Å²) in [5.74, 6) is 0.195. The molecule has 10 heteroatoms. The van der Waals surface area contributed by atoms with Crippen molar-refractivity contribution in [3.8, 4) is 0 Å². The molecule has 0 bridgehead atoms. The minimum atomic E-state index is -1.28. The normalized spacial score (nSPS) is 18.7. The molecule has 3 rings (SSSR count). The molecule has 0 atom stereocenters. The van der Waals surface area contributed by atoms with E-state index >= 15 is 0 Å². The van der Waals surface area contributed by atoms with E-state index in [1.54, 1.807) is 24.3 Å². The van der Waals surface area contributed by atoms with E-state index in [4.69, 9.17) is 16.7 Å². The Morgan fingerprint density at radius 2 is 1.97 bits per heavy atom. The van der Waals surface area contributed by atoms with Gasteiger partial charge < -0.3 is 0 Å². The Kier molecular flexibility index (Phi) is 8.26. The Morgan fingerprint density at radius 1 is 1.27 bits per heavy atom. The molecule has 2 aromatic rings. The average Bonchev–Trinajstić information content (AvgIpc) is 2.71. The molecule has 1 saturated carbocycles. The first kappa shape index (κ1) is 22.7. The van der Waals surface area contributed by atoms with Crippen LogP contribution in [0.5, 0.6) is 0 Å². The van der Waals surface area contributed by atoms with Gasteiger partial charge in [-0.25, -0.2) is 0 Å². The summed E-state index contributed by atoms with van der Waals surface area (Å²) in [6, 6.07) is 7.11. The van der Waals surface area contributed by atoms with Crippen LogP contribution in [0.15, 0.2) is 30.5 Å². The molecule has 0 unspecified atom stereocenters. The van der Waals surface area contributed by atoms with Crippen LogP contribution in [0.25, 0.3) is 0 Å². The molecule has 0 spiro atoms. The van der Waals surface area contributed by atoms with Gasteiger partial charge in [0.15, 0.2) is 0 Å². The van der Waals surface area contributed by atoms with Gasteiger partial charge in [0.25, 0.3) is 0 Å². The number of rotatable bonds is 9. The maximum absolute atomic E-state index is 11.5. The summed E-state index contributed by atoms with van der Waals surface area (Å²) in [6.45, 7) is 0. The molecule has 158 valence electrons. The Balaban J connectivity index is 1.62. The van der Waals surface area contributed by atoms with Crippen LogP contribution in [0.4, 0.5) is 17.3 Å². The van der Waals surface area contributed by atoms with E-state index in [9.17, 15) is 14.9 Å². The van der Waals surface area contributed by atoms with Gasteiger partial charge in [-0.15, -0.1) is 0 Å². The van der Waals surface area contributed by atoms with Crippen LogP contribution in [0.1, 0.15) is 44.9 Å². The maximum atomic E-state index is 11.5. The Morgan fingerprint density at radius 3 is 2.60 bits per heavy atom. The molecular formula is C20H23ClN4O4Sn. The molecule has 1 aliphatic carbocycles. The minimum absolute atomic E-state index is 0.0202. The first-order valence-electron chi connectivity index (χ1n) is 9.93. The van der Waals surface area contributed by atoms with Gasteiger partial charge in [0, 0.05) is 0 Å². The number of anilines is 2. The predicted octanol–water partition coefficient (Wildman–Crippen LogP) is 4.34. The number of carbonyl (C=O) groups is 1. The summed E-state index contributed by atoms with van der Waals surface area (Å²) in [6.07, 6.45) is 7.44. The van der Waals surface area contributed by atoms with E-state index in [1.165, 1.54) is 6.20 Å². The first-order chi connectivity index (χ1) is 14.4. The van der Waals surface area contributed by atoms with Gasteiger partial charge in [0.1, 0.15) is 0 Å². The van der Waals surface area contributed by atoms with E-state index in [2.05, 4.69) is 15.3 Å². The van der Waals surface area contributed by atoms with Gasteiger partial charge in [-0.05, 0) is 0 Å². The number of nitrogens with zero attached hydrogens (tertiary/aromatic N) is 3. The Bertz CT molecular complexity index is 889. The molecule has 1 aromatic carbocycles. The van der Waals surface area contributed by atoms with Crippen LogP contribution in [0, 0.1) is 16.0 Å². The van der Waals surface area contributed by atoms with Crippen LogP contribution in [-0.2, 0) is 4.79 Å². The summed E-state index contributed by atoms with van der Waals surface area (Å²) >= 11 is 4.62. The molecule has 1 heterocycles. The fraction of sp³-hybridized carbons (Fsp3) is 0.450. The fourth-order valence-electron chi connectivity index (χ4n) is 3.67. The molecular weight excluding hydrogens is 514 g/mol. The summed E-state index contributed by atoms with van der Waals surface area (Å²) in [4.78, 5) is 30.4. The monoisotopic (exact) mass is 538 g/mol. The third kappa shape index (κ3) is 6.80. The molecule has 2 radical (unpaired) electrons. The van der Waals surface area contributed by atoms with Crippen LogP contribution in [0.2, 0.25) is 8.96 Å². The average molecular weight is 538 g/mol. The molecule has 8 nitrogen and oxygen atoms in total. The number of benzene rings is 1. The second-order valence-electron chi connectivity index (χ2n) is 7.46. The van der Waals surface area contributed by atoms with Gasteiger partial charge in [-0.1, -0.05) is 0 Å². The van der Waals surface area contributed by atoms with Gasteiger partial charge in [0.05, 0.1) is 0 Å². The van der Waals surface area contributed by atoms with Crippen molar-refractivity contribution in [3.05, 3.63) is 45.6 Å². The summed E-state index contributed by atoms with van der Waals surface area (Å²) in [7, 11) is 0. The molecule has 1 fully saturated rings. The van der Waals surface area contributed by atoms with Crippen molar-refractivity contribution in [2.75, 3.05) is 5.32 Å². The van der Waals surface area contributed by atoms with Gasteiger partial charge in [0.2, 0.25) is 0 Å². The zero-order chi connectivity index (χ0) is 21.5. The molecule has 1 aromatic heterocycles. The van der Waals surface area contributed by atoms with Gasteiger partial charge in [-0.3, -0.25) is 0 Å². The van der Waals surface area contributed by atoms with Crippen molar-refractivity contribution in [2.24, 2.45) is 5.92 Å². The second kappa shape index (κ2) is 10.9. The van der Waals surface area contributed by atoms with E-state index in [-0.39, 0.29) is 17.0 Å². The molecule has 0 amide bonds. The standard InChI is InChI=1S/C10H6ClN4O2.C10H17O2.Sn/c11-7-1-3-8(4-2-7)14-10-12-5-9(6-13-10)15(16)17;11-10(12)8-4-7-9-5-2-1-3-6-9;/h1-5H,(H,12,13,14);1,9H,2-8H2,(H,11,12);. The van der Waals surface area contributed by atoms with Gasteiger partial charge in [-0.2, -0.15) is 0 Å². The number of aliphatic carboxylic acids is 1. The second-order valence-corrected chi connectivity index (χ2v) is 12.4. The number of hydrogen-bond acceptors (Lipinski definition) is 6. The topological polar surface area (TPSA) is 118 Å². The van der Waals surface area contributed by atoms with Crippen LogP contribution < -0.4 is 9.03 Å². The van der Waals surface area contributed by atoms with Crippen molar-refractivity contribution in [1.82, 2.24) is 9.97 Å². The molecule has 1 aliphatic rings. The SMILES string of the molecule is O=C(O)CCCC1CC[CH]([Sn][c]2nc(Nc3ccc(Cl)cc3)ncc2[N+](=O)[O-])CC1. The third-order valence-electron chi connectivity index (χ3n) is 5.26. The first-order valence-corrected chi connectivity index (χ1v) is 13.4. The zero-order valence-electron chi connectivity index (χ0n) is 16.4. The van der Waals surface area contributed by atoms with Crippen molar-refractivity contribution in [3.63, 3.8) is 0 Å². The summed E-state index contributed by atoms with van der Waals surface area (Å²) in [5.41, 5.74) is 0.790. The van der Waals surface area contributed by atoms with Crippen LogP contribution in [-0.4, -0.2) is 47.1 Å². The zero-order valence-corrected chi connectivity index (χ0v) is 20.0. The summed E-state index contributed by atoms with van der Waals surface area (Å²) in [5, 5.41) is 24.0. The van der Waals surface area contributed by atoms with Crippen molar-refractivity contribution >= 4 is 59.7 Å². The number of carboxylic acids is 1. The van der Waals surface area contributed by atoms with Crippen LogP contribution in [0.3, 0.4) is 0 Å². The Hall–Kier alpha value is -1.94. The van der Waals surface area contributed by atoms with Crippen molar-refractivity contribution in [2.45, 2.75) is 48.9 Å². The number of halogens is 1. The Labute approximate surface area is 189 Å². The number of carboxylic acid groups (broad SMARTS) is 1. The van der Waals surface area contributed by atoms with E-state index in [0.29, 0.717) is 24.5 Å². The number of nitrogens with one attached hydrogen (secondary N) is 1. The summed E-state index contributed by atoms with van der Waals surface area (Å²) < 4.78 is 1.12. The number of aromatic nitrogens is 2. The van der Waals surface area contributed by atoms with Crippen LogP contribution >= 0.6 is 11.6 Å². The molecule has 2 N–H and O–H groups in total. The van der Waals surface area contributed by atoms with E-state index in [1.807, 2.05) is 0 Å². The van der Waals surface area contributed by atoms with Gasteiger partial charge >= 0.3 is 190 Å². The molecule has 30 heavy (non-hydrogen) atoms. The number of hydrogen-bond donors (Lipinski definition) is 2. The quantitative estimate of drug-likeness (QED) is 0.277. The van der Waals surface area contributed by atoms with E-state index in [0.717, 1.165) is 44.2 Å². The molecule has 0 aliphatic heterocycles. The fourth-order valence-corrected chi connectivity index (χ4v) is 8.03. The third-order valence-corrected chi connectivity index (χ3v) is 10.2. The van der Waals surface area contributed by atoms with Crippen molar-refractivity contribution < 1.29 is 14.8 Å². The number of nitro groups is 1. The van der Waals surface area contributed by atoms with E-state index < -0.39 is 27.1 Å². The molecule has 0 saturated heterocycles. The van der Waals surface area contributed by atoms with Crippen molar-refractivity contribution in [1.29, 1.82) is 0 Å².